The van der Waals surface area contributed by atoms with Gasteiger partial charge in [0, 0.05) is 4.47 Å². The number of benzene rings is 2. The second-order valence-corrected chi connectivity index (χ2v) is 5.59. The van der Waals surface area contributed by atoms with Gasteiger partial charge < -0.3 is 9.84 Å². The summed E-state index contributed by atoms with van der Waals surface area (Å²) in [6.45, 7) is 1.56. The number of phenolic OH excluding ortho intramolecular Hbond substituents is 1. The van der Waals surface area contributed by atoms with Crippen LogP contribution >= 0.6 is 15.9 Å². The highest BCUT2D eigenvalue weighted by molar-refractivity contribution is 9.10. The van der Waals surface area contributed by atoms with Gasteiger partial charge in [-0.25, -0.2) is 0 Å². The smallest absolute Gasteiger partial charge is 0.279 e. The summed E-state index contributed by atoms with van der Waals surface area (Å²) < 4.78 is 6.36. The molecular formula is C16H15BrN2O4. The van der Waals surface area contributed by atoms with Crippen LogP contribution in [0, 0.1) is 0 Å². The van der Waals surface area contributed by atoms with Gasteiger partial charge in [-0.15, -0.1) is 0 Å². The van der Waals surface area contributed by atoms with Crippen molar-refractivity contribution in [2.45, 2.75) is 13.0 Å². The number of carbonyl (C=O) groups excluding carboxylic acids is 2. The molecule has 2 aromatic carbocycles. The molecule has 1 atom stereocenters. The molecule has 2 amide bonds. The van der Waals surface area contributed by atoms with Crippen molar-refractivity contribution in [3.63, 3.8) is 0 Å². The van der Waals surface area contributed by atoms with Crippen molar-refractivity contribution in [3.05, 3.63) is 58.6 Å². The topological polar surface area (TPSA) is 87.7 Å². The zero-order valence-electron chi connectivity index (χ0n) is 12.2. The second kappa shape index (κ2) is 7.64. The van der Waals surface area contributed by atoms with Crippen LogP contribution in [0.2, 0.25) is 0 Å². The summed E-state index contributed by atoms with van der Waals surface area (Å²) in [5.41, 5.74) is 4.55. The van der Waals surface area contributed by atoms with Crippen LogP contribution in [0.1, 0.15) is 17.3 Å². The maximum absolute atomic E-state index is 11.9. The van der Waals surface area contributed by atoms with Crippen molar-refractivity contribution in [1.29, 1.82) is 0 Å². The van der Waals surface area contributed by atoms with E-state index in [9.17, 15) is 14.7 Å². The van der Waals surface area contributed by atoms with Crippen LogP contribution in [0.4, 0.5) is 0 Å². The fourth-order valence-corrected chi connectivity index (χ4v) is 1.99. The van der Waals surface area contributed by atoms with Crippen LogP contribution in [0.3, 0.4) is 0 Å². The third-order valence-corrected chi connectivity index (χ3v) is 3.47. The number of carbonyl (C=O) groups is 2. The monoisotopic (exact) mass is 378 g/mol. The van der Waals surface area contributed by atoms with Crippen LogP contribution in [0.25, 0.3) is 0 Å². The van der Waals surface area contributed by atoms with Gasteiger partial charge in [0.2, 0.25) is 0 Å². The minimum atomic E-state index is -0.805. The average molecular weight is 379 g/mol. The van der Waals surface area contributed by atoms with Crippen LogP contribution in [0.5, 0.6) is 11.5 Å². The number of aromatic hydroxyl groups is 1. The molecule has 7 heteroatoms. The van der Waals surface area contributed by atoms with Crippen LogP contribution in [-0.2, 0) is 4.79 Å². The minimum Gasteiger partial charge on any atom is -0.507 e. The average Bonchev–Trinajstić information content (AvgIpc) is 2.54. The van der Waals surface area contributed by atoms with Crippen molar-refractivity contribution in [3.8, 4) is 11.5 Å². The molecule has 3 N–H and O–H groups in total. The van der Waals surface area contributed by atoms with Crippen molar-refractivity contribution >= 4 is 27.7 Å². The van der Waals surface area contributed by atoms with Crippen molar-refractivity contribution in [2.24, 2.45) is 0 Å². The molecule has 0 aliphatic rings. The summed E-state index contributed by atoms with van der Waals surface area (Å²) in [6.07, 6.45) is -0.805. The lowest BCUT2D eigenvalue weighted by Crippen LogP contribution is -2.47. The first kappa shape index (κ1) is 16.8. The molecule has 2 rings (SSSR count). The highest BCUT2D eigenvalue weighted by Crippen LogP contribution is 2.17. The van der Waals surface area contributed by atoms with E-state index in [0.29, 0.717) is 5.75 Å². The molecule has 6 nitrogen and oxygen atoms in total. The molecule has 0 bridgehead atoms. The van der Waals surface area contributed by atoms with Crippen LogP contribution < -0.4 is 15.6 Å². The van der Waals surface area contributed by atoms with Gasteiger partial charge in [0.15, 0.2) is 6.10 Å². The Balaban J connectivity index is 1.87. The third-order valence-electron chi connectivity index (χ3n) is 2.94. The molecule has 0 aliphatic carbocycles. The first-order valence-electron chi connectivity index (χ1n) is 6.78. The lowest BCUT2D eigenvalue weighted by Gasteiger charge is -2.15. The molecular weight excluding hydrogens is 364 g/mol. The molecule has 1 unspecified atom stereocenters. The molecule has 2 aromatic rings. The van der Waals surface area contributed by atoms with E-state index in [1.807, 2.05) is 0 Å². The second-order valence-electron chi connectivity index (χ2n) is 4.67. The Morgan fingerprint density at radius 1 is 1.09 bits per heavy atom. The fraction of sp³-hybridized carbons (Fsp3) is 0.125. The molecule has 0 fully saturated rings. The Kier molecular flexibility index (Phi) is 5.59. The van der Waals surface area contributed by atoms with Crippen LogP contribution in [0.15, 0.2) is 53.0 Å². The minimum absolute atomic E-state index is 0.0641. The van der Waals surface area contributed by atoms with E-state index in [0.717, 1.165) is 4.47 Å². The summed E-state index contributed by atoms with van der Waals surface area (Å²) in [7, 11) is 0. The number of phenols is 1. The van der Waals surface area contributed by atoms with Gasteiger partial charge in [0.25, 0.3) is 11.8 Å². The molecule has 0 heterocycles. The summed E-state index contributed by atoms with van der Waals surface area (Å²) >= 11 is 3.31. The Bertz CT molecular complexity index is 703. The fourth-order valence-electron chi connectivity index (χ4n) is 1.72. The highest BCUT2D eigenvalue weighted by Gasteiger charge is 2.16. The number of halogens is 1. The highest BCUT2D eigenvalue weighted by atomic mass is 79.9. The Hall–Kier alpha value is -2.54. The molecule has 0 saturated carbocycles. The standard InChI is InChI=1S/C16H15BrN2O4/c1-10(23-12-8-6-11(17)7-9-12)15(21)18-19-16(22)13-4-2-3-5-14(13)20/h2-10,20H,1H3,(H,18,21)(H,19,22). The number of hydrogen-bond acceptors (Lipinski definition) is 4. The van der Waals surface area contributed by atoms with E-state index in [4.69, 9.17) is 4.74 Å². The lowest BCUT2D eigenvalue weighted by atomic mass is 10.2. The summed E-state index contributed by atoms with van der Waals surface area (Å²) in [5.74, 6) is -0.773. The molecule has 0 spiro atoms. The number of ether oxygens (including phenoxy) is 1. The van der Waals surface area contributed by atoms with E-state index < -0.39 is 17.9 Å². The number of amides is 2. The van der Waals surface area contributed by atoms with E-state index >= 15 is 0 Å². The first-order valence-corrected chi connectivity index (χ1v) is 7.57. The van der Waals surface area contributed by atoms with Gasteiger partial charge >= 0.3 is 0 Å². The lowest BCUT2D eigenvalue weighted by molar-refractivity contribution is -0.128. The number of para-hydroxylation sites is 1. The zero-order valence-corrected chi connectivity index (χ0v) is 13.8. The van der Waals surface area contributed by atoms with Crippen molar-refractivity contribution in [2.75, 3.05) is 0 Å². The Morgan fingerprint density at radius 3 is 2.39 bits per heavy atom. The van der Waals surface area contributed by atoms with E-state index in [1.54, 1.807) is 43.3 Å². The molecule has 0 aliphatic heterocycles. The molecule has 0 radical (unpaired) electrons. The molecule has 0 saturated heterocycles. The van der Waals surface area contributed by atoms with Gasteiger partial charge in [-0.1, -0.05) is 28.1 Å². The Labute approximate surface area is 141 Å². The number of nitrogens with one attached hydrogen (secondary N) is 2. The zero-order chi connectivity index (χ0) is 16.8. The molecule has 23 heavy (non-hydrogen) atoms. The van der Waals surface area contributed by atoms with Crippen molar-refractivity contribution < 1.29 is 19.4 Å². The largest absolute Gasteiger partial charge is 0.507 e. The molecule has 120 valence electrons. The van der Waals surface area contributed by atoms with Crippen LogP contribution in [-0.4, -0.2) is 23.0 Å². The summed E-state index contributed by atoms with van der Waals surface area (Å²) in [6, 6.07) is 13.0. The Morgan fingerprint density at radius 2 is 1.74 bits per heavy atom. The molecule has 0 aromatic heterocycles. The first-order chi connectivity index (χ1) is 11.0. The quantitative estimate of drug-likeness (QED) is 0.712. The van der Waals surface area contributed by atoms with Gasteiger partial charge in [-0.2, -0.15) is 0 Å². The van der Waals surface area contributed by atoms with Gasteiger partial charge in [0.05, 0.1) is 5.56 Å². The number of rotatable bonds is 4. The van der Waals surface area contributed by atoms with Gasteiger partial charge in [-0.05, 0) is 43.3 Å². The number of hydrogen-bond donors (Lipinski definition) is 3. The van der Waals surface area contributed by atoms with Gasteiger partial charge in [-0.3, -0.25) is 20.4 Å². The van der Waals surface area contributed by atoms with E-state index in [1.165, 1.54) is 12.1 Å². The number of hydrazine groups is 1. The summed E-state index contributed by atoms with van der Waals surface area (Å²) in [5, 5.41) is 9.57. The van der Waals surface area contributed by atoms with E-state index in [2.05, 4.69) is 26.8 Å². The predicted molar refractivity (Wildman–Crippen MR) is 87.9 cm³/mol. The SMILES string of the molecule is CC(Oc1ccc(Br)cc1)C(=O)NNC(=O)c1ccccc1O. The maximum Gasteiger partial charge on any atom is 0.279 e. The maximum atomic E-state index is 11.9. The van der Waals surface area contributed by atoms with Crippen molar-refractivity contribution in [1.82, 2.24) is 10.9 Å². The predicted octanol–water partition coefficient (Wildman–Crippen LogP) is 2.38. The third kappa shape index (κ3) is 4.72. The normalized spacial score (nSPS) is 11.4. The van der Waals surface area contributed by atoms with Gasteiger partial charge in [0.1, 0.15) is 11.5 Å². The summed E-state index contributed by atoms with van der Waals surface area (Å²) in [4.78, 5) is 23.8. The van der Waals surface area contributed by atoms with E-state index in [-0.39, 0.29) is 11.3 Å².